The molecule has 0 bridgehead atoms. The normalized spacial score (nSPS) is 12.0. The molecule has 1 amide bonds. The fraction of sp³-hybridized carbons (Fsp3) is 0.208. The van der Waals surface area contributed by atoms with Gasteiger partial charge in [-0.3, -0.25) is 14.2 Å². The van der Waals surface area contributed by atoms with Crippen LogP contribution in [0.3, 0.4) is 0 Å². The van der Waals surface area contributed by atoms with E-state index in [1.807, 2.05) is 53.9 Å². The van der Waals surface area contributed by atoms with Crippen LogP contribution in [0.25, 0.3) is 21.3 Å². The number of benzene rings is 2. The third kappa shape index (κ3) is 4.19. The first-order valence-electron chi connectivity index (χ1n) is 10.0. The van der Waals surface area contributed by atoms with Gasteiger partial charge in [0, 0.05) is 23.4 Å². The Labute approximate surface area is 179 Å². The van der Waals surface area contributed by atoms with Crippen molar-refractivity contribution in [1.29, 1.82) is 0 Å². The first-order chi connectivity index (χ1) is 14.7. The van der Waals surface area contributed by atoms with Crippen LogP contribution in [-0.4, -0.2) is 22.0 Å². The van der Waals surface area contributed by atoms with Crippen molar-refractivity contribution in [2.75, 3.05) is 6.54 Å². The van der Waals surface area contributed by atoms with Gasteiger partial charge in [0.1, 0.15) is 11.4 Å². The maximum absolute atomic E-state index is 13.1. The van der Waals surface area contributed by atoms with Crippen LogP contribution in [-0.2, 0) is 11.3 Å². The van der Waals surface area contributed by atoms with E-state index in [9.17, 15) is 9.59 Å². The number of amides is 1. The highest BCUT2D eigenvalue weighted by Crippen LogP contribution is 2.30. The Morgan fingerprint density at radius 1 is 1.10 bits per heavy atom. The number of nitrogens with zero attached hydrogens (tertiary/aromatic N) is 2. The molecule has 2 heterocycles. The van der Waals surface area contributed by atoms with Crippen molar-refractivity contribution in [3.8, 4) is 11.1 Å². The molecule has 4 rings (SSSR count). The van der Waals surface area contributed by atoms with Crippen LogP contribution in [0, 0.1) is 0 Å². The third-order valence-electron chi connectivity index (χ3n) is 5.27. The van der Waals surface area contributed by atoms with E-state index < -0.39 is 0 Å². The van der Waals surface area contributed by atoms with Crippen LogP contribution in [0.1, 0.15) is 24.8 Å². The van der Waals surface area contributed by atoms with Gasteiger partial charge in [-0.1, -0.05) is 67.6 Å². The average molecular weight is 418 g/mol. The predicted octanol–water partition coefficient (Wildman–Crippen LogP) is 4.44. The standard InChI is InChI=1S/C24H23N3O2S/c1-2-17(18-9-5-3-6-10-18)13-25-21(28)14-27-16-26-23-22(24(27)29)20(15-30-23)19-11-7-4-8-12-19/h3-12,15-17H,2,13-14H2,1H3,(H,25,28). The molecule has 4 aromatic rings. The molecule has 0 saturated carbocycles. The van der Waals surface area contributed by atoms with Gasteiger partial charge in [0.2, 0.25) is 5.91 Å². The van der Waals surface area contributed by atoms with E-state index >= 15 is 0 Å². The maximum Gasteiger partial charge on any atom is 0.263 e. The lowest BCUT2D eigenvalue weighted by atomic mass is 9.96. The van der Waals surface area contributed by atoms with Gasteiger partial charge < -0.3 is 5.32 Å². The van der Waals surface area contributed by atoms with Crippen LogP contribution < -0.4 is 10.9 Å². The summed E-state index contributed by atoms with van der Waals surface area (Å²) >= 11 is 1.44. The fourth-order valence-corrected chi connectivity index (χ4v) is 4.49. The Balaban J connectivity index is 1.52. The van der Waals surface area contributed by atoms with Crippen molar-refractivity contribution in [2.45, 2.75) is 25.8 Å². The van der Waals surface area contributed by atoms with Crippen molar-refractivity contribution in [3.05, 3.63) is 88.3 Å². The number of nitrogens with one attached hydrogen (secondary N) is 1. The summed E-state index contributed by atoms with van der Waals surface area (Å²) in [4.78, 5) is 30.7. The number of aromatic nitrogens is 2. The summed E-state index contributed by atoms with van der Waals surface area (Å²) in [6.07, 6.45) is 2.39. The van der Waals surface area contributed by atoms with Crippen LogP contribution in [0.15, 0.2) is 77.2 Å². The molecule has 152 valence electrons. The van der Waals surface area contributed by atoms with Gasteiger partial charge in [-0.15, -0.1) is 11.3 Å². The second kappa shape index (κ2) is 9.05. The number of carbonyl (C=O) groups is 1. The second-order valence-electron chi connectivity index (χ2n) is 7.19. The van der Waals surface area contributed by atoms with Gasteiger partial charge in [0.25, 0.3) is 5.56 Å². The van der Waals surface area contributed by atoms with Crippen LogP contribution in [0.2, 0.25) is 0 Å². The number of thiophene rings is 1. The zero-order valence-electron chi connectivity index (χ0n) is 16.7. The van der Waals surface area contributed by atoms with Crippen LogP contribution in [0.4, 0.5) is 0 Å². The summed E-state index contributed by atoms with van der Waals surface area (Å²) in [5.41, 5.74) is 2.84. The molecular formula is C24H23N3O2S. The number of hydrogen-bond donors (Lipinski definition) is 1. The van der Waals surface area contributed by atoms with Gasteiger partial charge in [0.05, 0.1) is 11.7 Å². The highest BCUT2D eigenvalue weighted by atomic mass is 32.1. The fourth-order valence-electron chi connectivity index (χ4n) is 3.58. The van der Waals surface area contributed by atoms with Gasteiger partial charge in [-0.2, -0.15) is 0 Å². The van der Waals surface area contributed by atoms with Crippen molar-refractivity contribution in [2.24, 2.45) is 0 Å². The molecule has 5 nitrogen and oxygen atoms in total. The first kappa shape index (κ1) is 20.0. The molecule has 30 heavy (non-hydrogen) atoms. The van der Waals surface area contributed by atoms with Gasteiger partial charge >= 0.3 is 0 Å². The largest absolute Gasteiger partial charge is 0.354 e. The Hall–Kier alpha value is -3.25. The highest BCUT2D eigenvalue weighted by Gasteiger charge is 2.15. The van der Waals surface area contributed by atoms with Gasteiger partial charge in [0.15, 0.2) is 0 Å². The summed E-state index contributed by atoms with van der Waals surface area (Å²) in [7, 11) is 0. The van der Waals surface area contributed by atoms with E-state index in [1.54, 1.807) is 0 Å². The molecule has 0 aliphatic rings. The average Bonchev–Trinajstić information content (AvgIpc) is 3.22. The topological polar surface area (TPSA) is 64.0 Å². The lowest BCUT2D eigenvalue weighted by Gasteiger charge is -2.16. The van der Waals surface area contributed by atoms with E-state index in [1.165, 1.54) is 27.8 Å². The molecule has 0 saturated heterocycles. The molecule has 1 atom stereocenters. The third-order valence-corrected chi connectivity index (χ3v) is 6.16. The quantitative estimate of drug-likeness (QED) is 0.484. The summed E-state index contributed by atoms with van der Waals surface area (Å²) < 4.78 is 1.39. The van der Waals surface area contributed by atoms with Crippen molar-refractivity contribution in [1.82, 2.24) is 14.9 Å². The Bertz CT molecular complexity index is 1200. The lowest BCUT2D eigenvalue weighted by molar-refractivity contribution is -0.121. The first-order valence-corrected chi connectivity index (χ1v) is 10.9. The SMILES string of the molecule is CCC(CNC(=O)Cn1cnc2scc(-c3ccccc3)c2c1=O)c1ccccc1. The van der Waals surface area contributed by atoms with E-state index in [0.29, 0.717) is 16.8 Å². The van der Waals surface area contributed by atoms with Crippen molar-refractivity contribution >= 4 is 27.5 Å². The van der Waals surface area contributed by atoms with Crippen LogP contribution in [0.5, 0.6) is 0 Å². The molecule has 0 spiro atoms. The van der Waals surface area contributed by atoms with Crippen LogP contribution >= 0.6 is 11.3 Å². The van der Waals surface area contributed by atoms with Gasteiger partial charge in [-0.05, 0) is 17.5 Å². The van der Waals surface area contributed by atoms with E-state index in [4.69, 9.17) is 0 Å². The number of hydrogen-bond acceptors (Lipinski definition) is 4. The zero-order valence-corrected chi connectivity index (χ0v) is 17.6. The molecule has 2 aromatic carbocycles. The molecule has 0 radical (unpaired) electrons. The minimum atomic E-state index is -0.191. The van der Waals surface area contributed by atoms with Crippen molar-refractivity contribution in [3.63, 3.8) is 0 Å². The molecule has 0 fully saturated rings. The van der Waals surface area contributed by atoms with E-state index in [0.717, 1.165) is 17.5 Å². The smallest absolute Gasteiger partial charge is 0.263 e. The highest BCUT2D eigenvalue weighted by molar-refractivity contribution is 7.17. The summed E-state index contributed by atoms with van der Waals surface area (Å²) in [5, 5.41) is 5.49. The van der Waals surface area contributed by atoms with E-state index in [2.05, 4.69) is 29.4 Å². The van der Waals surface area contributed by atoms with E-state index in [-0.39, 0.29) is 23.9 Å². The summed E-state index contributed by atoms with van der Waals surface area (Å²) in [5.74, 6) is 0.0538. The molecule has 6 heteroatoms. The summed E-state index contributed by atoms with van der Waals surface area (Å²) in [6, 6.07) is 19.9. The second-order valence-corrected chi connectivity index (χ2v) is 8.05. The number of rotatable bonds is 7. The number of carbonyl (C=O) groups excluding carboxylic acids is 1. The zero-order chi connectivity index (χ0) is 20.9. The Morgan fingerprint density at radius 3 is 2.50 bits per heavy atom. The molecule has 0 aliphatic carbocycles. The van der Waals surface area contributed by atoms with Crippen molar-refractivity contribution < 1.29 is 4.79 Å². The Kier molecular flexibility index (Phi) is 6.05. The molecule has 2 aromatic heterocycles. The maximum atomic E-state index is 13.1. The monoisotopic (exact) mass is 417 g/mol. The Morgan fingerprint density at radius 2 is 1.80 bits per heavy atom. The number of fused-ring (bicyclic) bond motifs is 1. The van der Waals surface area contributed by atoms with Gasteiger partial charge in [-0.25, -0.2) is 4.98 Å². The molecular weight excluding hydrogens is 394 g/mol. The lowest BCUT2D eigenvalue weighted by Crippen LogP contribution is -2.34. The minimum absolute atomic E-state index is 0.0446. The predicted molar refractivity (Wildman–Crippen MR) is 122 cm³/mol. The molecule has 1 unspecified atom stereocenters. The molecule has 1 N–H and O–H groups in total. The molecule has 0 aliphatic heterocycles. The minimum Gasteiger partial charge on any atom is -0.354 e. The summed E-state index contributed by atoms with van der Waals surface area (Å²) in [6.45, 7) is 2.60.